The predicted octanol–water partition coefficient (Wildman–Crippen LogP) is 1.79. The summed E-state index contributed by atoms with van der Waals surface area (Å²) in [6.07, 6.45) is -3.94. The number of rotatable bonds is 3. The molecule has 1 aromatic rings. The van der Waals surface area contributed by atoms with Crippen LogP contribution in [-0.4, -0.2) is 33.0 Å². The zero-order valence-corrected chi connectivity index (χ0v) is 12.3. The van der Waals surface area contributed by atoms with Crippen LogP contribution in [0.15, 0.2) is 18.2 Å². The van der Waals surface area contributed by atoms with E-state index in [2.05, 4.69) is 0 Å². The van der Waals surface area contributed by atoms with Gasteiger partial charge in [0, 0.05) is 25.3 Å². The summed E-state index contributed by atoms with van der Waals surface area (Å²) in [6.45, 7) is -0.0386. The molecule has 1 atom stereocenters. The molecule has 1 aromatic carbocycles. The minimum Gasteiger partial charge on any atom is -0.370 e. The SMILES string of the molecule is CN(c1ccc(C(F)(F)F)cc1CN)C1CCS(=O)(=O)C1. The van der Waals surface area contributed by atoms with Crippen LogP contribution in [0.4, 0.5) is 18.9 Å². The highest BCUT2D eigenvalue weighted by Gasteiger charge is 2.33. The Labute approximate surface area is 121 Å². The van der Waals surface area contributed by atoms with E-state index < -0.39 is 21.6 Å². The molecule has 0 bridgehead atoms. The molecule has 21 heavy (non-hydrogen) atoms. The Hall–Kier alpha value is -1.28. The molecule has 0 aliphatic carbocycles. The van der Waals surface area contributed by atoms with Crippen LogP contribution in [-0.2, 0) is 22.6 Å². The van der Waals surface area contributed by atoms with Crippen LogP contribution in [0.25, 0.3) is 0 Å². The van der Waals surface area contributed by atoms with Gasteiger partial charge in [-0.15, -0.1) is 0 Å². The van der Waals surface area contributed by atoms with Gasteiger partial charge in [-0.2, -0.15) is 13.2 Å². The smallest absolute Gasteiger partial charge is 0.370 e. The number of hydrogen-bond acceptors (Lipinski definition) is 4. The van der Waals surface area contributed by atoms with Crippen molar-refractivity contribution in [3.05, 3.63) is 29.3 Å². The third kappa shape index (κ3) is 3.49. The summed E-state index contributed by atoms with van der Waals surface area (Å²) in [5.41, 5.74) is 5.70. The Morgan fingerprint density at radius 3 is 2.52 bits per heavy atom. The Kier molecular flexibility index (Phi) is 4.21. The van der Waals surface area contributed by atoms with Crippen LogP contribution in [0.2, 0.25) is 0 Å². The molecule has 1 unspecified atom stereocenters. The van der Waals surface area contributed by atoms with Crippen molar-refractivity contribution in [3.63, 3.8) is 0 Å². The van der Waals surface area contributed by atoms with Crippen LogP contribution >= 0.6 is 0 Å². The number of nitrogens with two attached hydrogens (primary N) is 1. The fraction of sp³-hybridized carbons (Fsp3) is 0.538. The predicted molar refractivity (Wildman–Crippen MR) is 74.8 cm³/mol. The molecule has 1 aliphatic rings. The van der Waals surface area contributed by atoms with Crippen LogP contribution < -0.4 is 10.6 Å². The second-order valence-electron chi connectivity index (χ2n) is 5.21. The highest BCUT2D eigenvalue weighted by atomic mass is 32.2. The standard InChI is InChI=1S/C13H17F3N2O2S/c1-18(11-4-5-21(19,20)8-11)12-3-2-10(13(14,15)16)6-9(12)7-17/h2-3,6,11H,4-5,7-8,17H2,1H3. The zero-order chi connectivity index (χ0) is 15.8. The number of halogens is 3. The van der Waals surface area contributed by atoms with Crippen LogP contribution in [0.5, 0.6) is 0 Å². The number of anilines is 1. The minimum absolute atomic E-state index is 0.0224. The topological polar surface area (TPSA) is 63.4 Å². The summed E-state index contributed by atoms with van der Waals surface area (Å²) in [4.78, 5) is 1.72. The van der Waals surface area contributed by atoms with Crippen molar-refractivity contribution in [1.29, 1.82) is 0 Å². The van der Waals surface area contributed by atoms with E-state index in [1.54, 1.807) is 11.9 Å². The molecule has 2 rings (SSSR count). The number of sulfone groups is 1. The fourth-order valence-corrected chi connectivity index (χ4v) is 4.32. The second-order valence-corrected chi connectivity index (χ2v) is 7.44. The molecule has 4 nitrogen and oxygen atoms in total. The maximum absolute atomic E-state index is 12.7. The van der Waals surface area contributed by atoms with Gasteiger partial charge in [-0.25, -0.2) is 8.42 Å². The lowest BCUT2D eigenvalue weighted by Crippen LogP contribution is -2.33. The number of benzene rings is 1. The molecule has 0 amide bonds. The van der Waals surface area contributed by atoms with Gasteiger partial charge in [0.2, 0.25) is 0 Å². The number of nitrogens with zero attached hydrogens (tertiary/aromatic N) is 1. The summed E-state index contributed by atoms with van der Waals surface area (Å²) < 4.78 is 61.2. The first-order chi connectivity index (χ1) is 9.64. The van der Waals surface area contributed by atoms with Crippen molar-refractivity contribution < 1.29 is 21.6 Å². The summed E-state index contributed by atoms with van der Waals surface area (Å²) >= 11 is 0. The average Bonchev–Trinajstić information content (AvgIpc) is 2.76. The maximum atomic E-state index is 12.7. The summed E-state index contributed by atoms with van der Waals surface area (Å²) in [5.74, 6) is 0.134. The lowest BCUT2D eigenvalue weighted by molar-refractivity contribution is -0.137. The molecule has 1 heterocycles. The Morgan fingerprint density at radius 1 is 1.38 bits per heavy atom. The average molecular weight is 322 g/mol. The van der Waals surface area contributed by atoms with Gasteiger partial charge < -0.3 is 10.6 Å². The van der Waals surface area contributed by atoms with E-state index in [1.807, 2.05) is 0 Å². The van der Waals surface area contributed by atoms with Gasteiger partial charge in [0.1, 0.15) is 0 Å². The van der Waals surface area contributed by atoms with E-state index in [0.29, 0.717) is 17.7 Å². The quantitative estimate of drug-likeness (QED) is 0.921. The van der Waals surface area contributed by atoms with E-state index >= 15 is 0 Å². The molecule has 0 aromatic heterocycles. The molecular weight excluding hydrogens is 305 g/mol. The lowest BCUT2D eigenvalue weighted by Gasteiger charge is -2.28. The zero-order valence-electron chi connectivity index (χ0n) is 11.5. The monoisotopic (exact) mass is 322 g/mol. The van der Waals surface area contributed by atoms with Gasteiger partial charge in [0.05, 0.1) is 17.1 Å². The fourth-order valence-electron chi connectivity index (χ4n) is 2.55. The van der Waals surface area contributed by atoms with E-state index in [4.69, 9.17) is 5.73 Å². The van der Waals surface area contributed by atoms with Crippen molar-refractivity contribution in [2.24, 2.45) is 5.73 Å². The van der Waals surface area contributed by atoms with Gasteiger partial charge in [-0.05, 0) is 30.2 Å². The number of alkyl halides is 3. The Morgan fingerprint density at radius 2 is 2.05 bits per heavy atom. The highest BCUT2D eigenvalue weighted by Crippen LogP contribution is 2.33. The third-order valence-corrected chi connectivity index (χ3v) is 5.51. The largest absolute Gasteiger partial charge is 0.416 e. The van der Waals surface area contributed by atoms with Crippen LogP contribution in [0.1, 0.15) is 17.5 Å². The number of hydrogen-bond donors (Lipinski definition) is 1. The molecule has 1 saturated heterocycles. The molecular formula is C13H17F3N2O2S. The molecule has 118 valence electrons. The van der Waals surface area contributed by atoms with Crippen molar-refractivity contribution in [3.8, 4) is 0 Å². The molecule has 1 fully saturated rings. The first-order valence-corrected chi connectivity index (χ1v) is 8.29. The maximum Gasteiger partial charge on any atom is 0.416 e. The highest BCUT2D eigenvalue weighted by molar-refractivity contribution is 7.91. The van der Waals surface area contributed by atoms with Crippen molar-refractivity contribution in [2.45, 2.75) is 25.2 Å². The van der Waals surface area contributed by atoms with Crippen molar-refractivity contribution in [2.75, 3.05) is 23.5 Å². The lowest BCUT2D eigenvalue weighted by atomic mass is 10.1. The normalized spacial score (nSPS) is 21.5. The van der Waals surface area contributed by atoms with Crippen molar-refractivity contribution in [1.82, 2.24) is 0 Å². The first kappa shape index (κ1) is 16.1. The van der Waals surface area contributed by atoms with Crippen molar-refractivity contribution >= 4 is 15.5 Å². The molecule has 2 N–H and O–H groups in total. The van der Waals surface area contributed by atoms with Gasteiger partial charge in [0.15, 0.2) is 9.84 Å². The second kappa shape index (κ2) is 5.49. The summed E-state index contributed by atoms with van der Waals surface area (Å²) in [5, 5.41) is 0. The Balaban J connectivity index is 2.31. The summed E-state index contributed by atoms with van der Waals surface area (Å²) in [7, 11) is -1.36. The van der Waals surface area contributed by atoms with Crippen LogP contribution in [0.3, 0.4) is 0 Å². The van der Waals surface area contributed by atoms with Gasteiger partial charge in [0.25, 0.3) is 0 Å². The molecule has 1 aliphatic heterocycles. The van der Waals surface area contributed by atoms with Gasteiger partial charge >= 0.3 is 6.18 Å². The van der Waals surface area contributed by atoms with E-state index in [1.165, 1.54) is 6.07 Å². The Bertz CT molecular complexity index is 629. The minimum atomic E-state index is -4.42. The molecule has 0 radical (unpaired) electrons. The van der Waals surface area contributed by atoms with E-state index in [-0.39, 0.29) is 24.1 Å². The van der Waals surface area contributed by atoms with E-state index in [9.17, 15) is 21.6 Å². The molecule has 0 spiro atoms. The molecule has 0 saturated carbocycles. The van der Waals surface area contributed by atoms with Crippen LogP contribution in [0, 0.1) is 0 Å². The van der Waals surface area contributed by atoms with Gasteiger partial charge in [-0.3, -0.25) is 0 Å². The van der Waals surface area contributed by atoms with E-state index in [0.717, 1.165) is 12.1 Å². The third-order valence-electron chi connectivity index (χ3n) is 3.76. The summed E-state index contributed by atoms with van der Waals surface area (Å²) in [6, 6.07) is 3.15. The first-order valence-electron chi connectivity index (χ1n) is 6.47. The van der Waals surface area contributed by atoms with Gasteiger partial charge in [-0.1, -0.05) is 0 Å². The molecule has 8 heteroatoms.